The number of carboxylic acids is 1. The molecule has 3 nitrogen and oxygen atoms in total. The van der Waals surface area contributed by atoms with Crippen molar-refractivity contribution in [3.8, 4) is 11.1 Å². The average Bonchev–Trinajstić information content (AvgIpc) is 2.52. The first kappa shape index (κ1) is 16.0. The SMILES string of the molecule is Cc1cccc(-c2c(C(F)(F)F)c(C(=O)O)cc3cccnc23)c1. The highest BCUT2D eigenvalue weighted by molar-refractivity contribution is 6.03. The lowest BCUT2D eigenvalue weighted by Gasteiger charge is -2.18. The van der Waals surface area contributed by atoms with E-state index >= 15 is 0 Å². The third kappa shape index (κ3) is 2.71. The lowest BCUT2D eigenvalue weighted by molar-refractivity contribution is -0.137. The van der Waals surface area contributed by atoms with Crippen molar-refractivity contribution in [1.29, 1.82) is 0 Å². The lowest BCUT2D eigenvalue weighted by atomic mass is 9.91. The first-order valence-electron chi connectivity index (χ1n) is 7.08. The Morgan fingerprint density at radius 1 is 1.12 bits per heavy atom. The monoisotopic (exact) mass is 331 g/mol. The van der Waals surface area contributed by atoms with Gasteiger partial charge in [0.2, 0.25) is 0 Å². The van der Waals surface area contributed by atoms with Crippen LogP contribution in [0.5, 0.6) is 0 Å². The van der Waals surface area contributed by atoms with Gasteiger partial charge in [-0.2, -0.15) is 13.2 Å². The first-order valence-corrected chi connectivity index (χ1v) is 7.08. The van der Waals surface area contributed by atoms with Gasteiger partial charge in [-0.1, -0.05) is 35.9 Å². The van der Waals surface area contributed by atoms with E-state index in [-0.39, 0.29) is 16.6 Å². The number of rotatable bonds is 2. The molecule has 0 spiro atoms. The number of aromatic carboxylic acids is 1. The predicted octanol–water partition coefficient (Wildman–Crippen LogP) is 4.93. The van der Waals surface area contributed by atoms with Crippen molar-refractivity contribution in [2.24, 2.45) is 0 Å². The van der Waals surface area contributed by atoms with Crippen LogP contribution in [0, 0.1) is 6.92 Å². The zero-order valence-electron chi connectivity index (χ0n) is 12.6. The third-order valence-corrected chi connectivity index (χ3v) is 3.72. The van der Waals surface area contributed by atoms with Gasteiger partial charge in [-0.15, -0.1) is 0 Å². The van der Waals surface area contributed by atoms with E-state index in [9.17, 15) is 23.1 Å². The molecule has 2 aromatic carbocycles. The van der Waals surface area contributed by atoms with Gasteiger partial charge < -0.3 is 5.11 Å². The van der Waals surface area contributed by atoms with Crippen molar-refractivity contribution in [3.05, 3.63) is 65.4 Å². The molecule has 0 radical (unpaired) electrons. The maximum Gasteiger partial charge on any atom is 0.417 e. The van der Waals surface area contributed by atoms with Crippen LogP contribution in [0.1, 0.15) is 21.5 Å². The maximum atomic E-state index is 13.7. The van der Waals surface area contributed by atoms with E-state index in [1.807, 2.05) is 0 Å². The minimum Gasteiger partial charge on any atom is -0.478 e. The van der Waals surface area contributed by atoms with Gasteiger partial charge in [-0.3, -0.25) is 4.98 Å². The summed E-state index contributed by atoms with van der Waals surface area (Å²) in [7, 11) is 0. The molecule has 6 heteroatoms. The first-order chi connectivity index (χ1) is 11.3. The van der Waals surface area contributed by atoms with Crippen LogP contribution in [0.2, 0.25) is 0 Å². The quantitative estimate of drug-likeness (QED) is 0.724. The standard InChI is InChI=1S/C18H12F3NO2/c1-10-4-2-5-11(8-10)14-15(18(19,20)21)13(17(23)24)9-12-6-3-7-22-16(12)14/h2-9H,1H3,(H,23,24). The van der Waals surface area contributed by atoms with Crippen molar-refractivity contribution >= 4 is 16.9 Å². The predicted molar refractivity (Wildman–Crippen MR) is 83.9 cm³/mol. The number of nitrogens with zero attached hydrogens (tertiary/aromatic N) is 1. The third-order valence-electron chi connectivity index (χ3n) is 3.72. The van der Waals surface area contributed by atoms with Crippen molar-refractivity contribution in [2.75, 3.05) is 0 Å². The topological polar surface area (TPSA) is 50.2 Å². The van der Waals surface area contributed by atoms with Crippen LogP contribution in [-0.4, -0.2) is 16.1 Å². The minimum atomic E-state index is -4.82. The lowest BCUT2D eigenvalue weighted by Crippen LogP contribution is -2.15. The van der Waals surface area contributed by atoms with Crippen molar-refractivity contribution in [1.82, 2.24) is 4.98 Å². The molecule has 3 aromatic rings. The number of aromatic nitrogens is 1. The van der Waals surface area contributed by atoms with Gasteiger partial charge in [-0.05, 0) is 24.6 Å². The second-order valence-electron chi connectivity index (χ2n) is 5.42. The summed E-state index contributed by atoms with van der Waals surface area (Å²) in [5, 5.41) is 9.64. The molecule has 24 heavy (non-hydrogen) atoms. The highest BCUT2D eigenvalue weighted by Crippen LogP contribution is 2.43. The molecule has 0 amide bonds. The molecule has 0 saturated carbocycles. The van der Waals surface area contributed by atoms with Crippen molar-refractivity contribution in [3.63, 3.8) is 0 Å². The Morgan fingerprint density at radius 2 is 1.88 bits per heavy atom. The molecule has 0 saturated heterocycles. The molecule has 0 aliphatic heterocycles. The largest absolute Gasteiger partial charge is 0.478 e. The summed E-state index contributed by atoms with van der Waals surface area (Å²) in [6, 6.07) is 10.6. The number of benzene rings is 2. The fraction of sp³-hybridized carbons (Fsp3) is 0.111. The van der Waals surface area contributed by atoms with E-state index in [1.54, 1.807) is 37.3 Å². The van der Waals surface area contributed by atoms with E-state index in [4.69, 9.17) is 0 Å². The molecule has 1 N–H and O–H groups in total. The van der Waals surface area contributed by atoms with Gasteiger partial charge in [0.05, 0.1) is 16.6 Å². The van der Waals surface area contributed by atoms with Gasteiger partial charge in [0, 0.05) is 17.1 Å². The molecular formula is C18H12F3NO2. The summed E-state index contributed by atoms with van der Waals surface area (Å²) >= 11 is 0. The summed E-state index contributed by atoms with van der Waals surface area (Å²) in [5.41, 5.74) is -0.979. The molecule has 1 heterocycles. The number of aryl methyl sites for hydroxylation is 1. The molecule has 122 valence electrons. The smallest absolute Gasteiger partial charge is 0.417 e. The zero-order valence-corrected chi connectivity index (χ0v) is 12.6. The van der Waals surface area contributed by atoms with Crippen LogP contribution in [0.3, 0.4) is 0 Å². The maximum absolute atomic E-state index is 13.7. The number of pyridine rings is 1. The average molecular weight is 331 g/mol. The van der Waals surface area contributed by atoms with Crippen LogP contribution >= 0.6 is 0 Å². The Kier molecular flexibility index (Phi) is 3.75. The van der Waals surface area contributed by atoms with Crippen molar-refractivity contribution in [2.45, 2.75) is 13.1 Å². The van der Waals surface area contributed by atoms with E-state index in [1.165, 1.54) is 12.3 Å². The van der Waals surface area contributed by atoms with Gasteiger partial charge >= 0.3 is 12.1 Å². The molecule has 1 aromatic heterocycles. The molecule has 0 unspecified atom stereocenters. The van der Waals surface area contributed by atoms with Gasteiger partial charge in [0.15, 0.2) is 0 Å². The summed E-state index contributed by atoms with van der Waals surface area (Å²) in [5.74, 6) is -1.62. The normalized spacial score (nSPS) is 11.7. The highest BCUT2D eigenvalue weighted by Gasteiger charge is 2.39. The second-order valence-corrected chi connectivity index (χ2v) is 5.42. The van der Waals surface area contributed by atoms with E-state index in [0.717, 1.165) is 11.6 Å². The van der Waals surface area contributed by atoms with Gasteiger partial charge in [0.1, 0.15) is 0 Å². The summed E-state index contributed by atoms with van der Waals surface area (Å²) in [6.45, 7) is 1.76. The number of carboxylic acid groups (broad SMARTS) is 1. The van der Waals surface area contributed by atoms with Gasteiger partial charge in [-0.25, -0.2) is 4.79 Å². The second kappa shape index (κ2) is 5.63. The van der Waals surface area contributed by atoms with Crippen LogP contribution < -0.4 is 0 Å². The number of fused-ring (bicyclic) bond motifs is 1. The Hall–Kier alpha value is -2.89. The van der Waals surface area contributed by atoms with E-state index in [2.05, 4.69) is 4.98 Å². The number of carbonyl (C=O) groups is 1. The molecule has 0 fully saturated rings. The Bertz CT molecular complexity index is 949. The van der Waals surface area contributed by atoms with Crippen LogP contribution in [0.4, 0.5) is 13.2 Å². The molecule has 0 aliphatic carbocycles. The van der Waals surface area contributed by atoms with E-state index < -0.39 is 23.3 Å². The zero-order chi connectivity index (χ0) is 17.5. The minimum absolute atomic E-state index is 0.125. The van der Waals surface area contributed by atoms with Crippen LogP contribution in [0.15, 0.2) is 48.7 Å². The molecule has 0 atom stereocenters. The number of hydrogen-bond donors (Lipinski definition) is 1. The van der Waals surface area contributed by atoms with Gasteiger partial charge in [0.25, 0.3) is 0 Å². The summed E-state index contributed by atoms with van der Waals surface area (Å²) in [4.78, 5) is 15.5. The molecule has 0 bridgehead atoms. The van der Waals surface area contributed by atoms with Crippen LogP contribution in [-0.2, 0) is 6.18 Å². The van der Waals surface area contributed by atoms with E-state index in [0.29, 0.717) is 5.39 Å². The molecular weight excluding hydrogens is 319 g/mol. The Balaban J connectivity index is 2.54. The number of alkyl halides is 3. The fourth-order valence-corrected chi connectivity index (χ4v) is 2.77. The summed E-state index contributed by atoms with van der Waals surface area (Å²) < 4.78 is 41.1. The van der Waals surface area contributed by atoms with Crippen LogP contribution in [0.25, 0.3) is 22.0 Å². The number of halogens is 3. The van der Waals surface area contributed by atoms with Crippen molar-refractivity contribution < 1.29 is 23.1 Å². The highest BCUT2D eigenvalue weighted by atomic mass is 19.4. The Labute approximate surface area is 135 Å². The molecule has 3 rings (SSSR count). The number of hydrogen-bond acceptors (Lipinski definition) is 2. The summed E-state index contributed by atoms with van der Waals surface area (Å²) in [6.07, 6.45) is -3.43. The fourth-order valence-electron chi connectivity index (χ4n) is 2.77. The molecule has 0 aliphatic rings. The Morgan fingerprint density at radius 3 is 2.50 bits per heavy atom.